The standard InChI is InChI=1S/C14H16F3N3O3/c15-14(16,17)23-10-1-2-12(18-7-10)19-5-4-11-9(8-19)3-6-20(11)13(21)22/h1-2,7,9,11H,3-6,8H2,(H,21,22)/t9-,11+/m1/s1. The summed E-state index contributed by atoms with van der Waals surface area (Å²) in [6.45, 7) is 1.81. The summed E-state index contributed by atoms with van der Waals surface area (Å²) in [6, 6.07) is 2.75. The van der Waals surface area contributed by atoms with E-state index in [2.05, 4.69) is 9.72 Å². The Balaban J connectivity index is 1.64. The average Bonchev–Trinajstić information content (AvgIpc) is 2.89. The van der Waals surface area contributed by atoms with Crippen molar-refractivity contribution in [1.29, 1.82) is 0 Å². The van der Waals surface area contributed by atoms with E-state index in [1.54, 1.807) is 0 Å². The van der Waals surface area contributed by atoms with Gasteiger partial charge in [-0.1, -0.05) is 0 Å². The third kappa shape index (κ3) is 3.43. The number of hydrogen-bond acceptors (Lipinski definition) is 4. The minimum atomic E-state index is -4.73. The van der Waals surface area contributed by atoms with Crippen molar-refractivity contribution in [3.63, 3.8) is 0 Å². The number of carbonyl (C=O) groups is 1. The largest absolute Gasteiger partial charge is 0.573 e. The Morgan fingerprint density at radius 2 is 2.09 bits per heavy atom. The zero-order chi connectivity index (χ0) is 16.6. The summed E-state index contributed by atoms with van der Waals surface area (Å²) in [4.78, 5) is 18.6. The summed E-state index contributed by atoms with van der Waals surface area (Å²) in [6.07, 6.45) is -3.08. The summed E-state index contributed by atoms with van der Waals surface area (Å²) < 4.78 is 40.2. The fourth-order valence-electron chi connectivity index (χ4n) is 3.38. The number of piperidine rings is 1. The van der Waals surface area contributed by atoms with Crippen molar-refractivity contribution >= 4 is 11.9 Å². The van der Waals surface area contributed by atoms with Crippen LogP contribution in [0.1, 0.15) is 12.8 Å². The maximum absolute atomic E-state index is 12.1. The predicted molar refractivity (Wildman–Crippen MR) is 74.4 cm³/mol. The number of likely N-dealkylation sites (tertiary alicyclic amines) is 1. The Morgan fingerprint density at radius 3 is 2.70 bits per heavy atom. The molecule has 3 rings (SSSR count). The molecule has 1 amide bonds. The van der Waals surface area contributed by atoms with Gasteiger partial charge < -0.3 is 19.6 Å². The van der Waals surface area contributed by atoms with Crippen LogP contribution in [0.15, 0.2) is 18.3 Å². The monoisotopic (exact) mass is 331 g/mol. The number of fused-ring (bicyclic) bond motifs is 1. The van der Waals surface area contributed by atoms with Crippen LogP contribution in [0.5, 0.6) is 5.75 Å². The van der Waals surface area contributed by atoms with Crippen molar-refractivity contribution in [1.82, 2.24) is 9.88 Å². The molecule has 0 unspecified atom stereocenters. The van der Waals surface area contributed by atoms with Gasteiger partial charge in [-0.15, -0.1) is 13.2 Å². The quantitative estimate of drug-likeness (QED) is 0.902. The molecule has 2 aliphatic rings. The molecule has 0 radical (unpaired) electrons. The van der Waals surface area contributed by atoms with E-state index in [1.165, 1.54) is 17.0 Å². The molecule has 2 aliphatic heterocycles. The van der Waals surface area contributed by atoms with E-state index in [0.717, 1.165) is 12.6 Å². The first-order valence-electron chi connectivity index (χ1n) is 7.30. The van der Waals surface area contributed by atoms with E-state index in [9.17, 15) is 18.0 Å². The number of hydrogen-bond donors (Lipinski definition) is 1. The van der Waals surface area contributed by atoms with E-state index in [0.29, 0.717) is 31.9 Å². The van der Waals surface area contributed by atoms with Crippen LogP contribution in [-0.2, 0) is 0 Å². The normalized spacial score (nSPS) is 24.5. The van der Waals surface area contributed by atoms with Crippen molar-refractivity contribution in [2.24, 2.45) is 5.92 Å². The molecular weight excluding hydrogens is 315 g/mol. The fourth-order valence-corrected chi connectivity index (χ4v) is 3.38. The van der Waals surface area contributed by atoms with Gasteiger partial charge >= 0.3 is 12.5 Å². The second-order valence-corrected chi connectivity index (χ2v) is 5.73. The van der Waals surface area contributed by atoms with E-state index in [4.69, 9.17) is 5.11 Å². The zero-order valence-corrected chi connectivity index (χ0v) is 12.2. The van der Waals surface area contributed by atoms with Gasteiger partial charge in [0, 0.05) is 25.7 Å². The van der Waals surface area contributed by atoms with Gasteiger partial charge in [0.2, 0.25) is 0 Å². The molecule has 2 atom stereocenters. The highest BCUT2D eigenvalue weighted by atomic mass is 19.4. The van der Waals surface area contributed by atoms with Crippen molar-refractivity contribution < 1.29 is 27.8 Å². The number of ether oxygens (including phenoxy) is 1. The Labute approximate surface area is 130 Å². The highest BCUT2D eigenvalue weighted by molar-refractivity contribution is 5.66. The summed E-state index contributed by atoms with van der Waals surface area (Å²) in [5, 5.41) is 9.15. The second kappa shape index (κ2) is 5.78. The molecule has 0 spiro atoms. The molecule has 1 aromatic rings. The molecule has 6 nitrogen and oxygen atoms in total. The SMILES string of the molecule is O=C(O)N1CC[C@@H]2CN(c3ccc(OC(F)(F)F)cn3)CC[C@@H]21. The summed E-state index contributed by atoms with van der Waals surface area (Å²) in [7, 11) is 0. The molecule has 1 aromatic heterocycles. The molecule has 0 bridgehead atoms. The van der Waals surface area contributed by atoms with E-state index in [-0.39, 0.29) is 17.7 Å². The van der Waals surface area contributed by atoms with Gasteiger partial charge in [-0.25, -0.2) is 9.78 Å². The maximum atomic E-state index is 12.1. The van der Waals surface area contributed by atoms with Crippen LogP contribution in [0.3, 0.4) is 0 Å². The summed E-state index contributed by atoms with van der Waals surface area (Å²) in [5.41, 5.74) is 0. The fraction of sp³-hybridized carbons (Fsp3) is 0.571. The van der Waals surface area contributed by atoms with Gasteiger partial charge in [0.25, 0.3) is 0 Å². The molecule has 3 heterocycles. The molecule has 1 N–H and O–H groups in total. The molecule has 0 aliphatic carbocycles. The topological polar surface area (TPSA) is 65.9 Å². The Kier molecular flexibility index (Phi) is 3.95. The average molecular weight is 331 g/mol. The Bertz CT molecular complexity index is 579. The lowest BCUT2D eigenvalue weighted by Crippen LogP contribution is -2.47. The molecule has 9 heteroatoms. The highest BCUT2D eigenvalue weighted by Gasteiger charge is 2.40. The third-order valence-electron chi connectivity index (χ3n) is 4.36. The maximum Gasteiger partial charge on any atom is 0.573 e. The molecule has 2 saturated heterocycles. The number of alkyl halides is 3. The van der Waals surface area contributed by atoms with Crippen LogP contribution >= 0.6 is 0 Å². The first-order valence-corrected chi connectivity index (χ1v) is 7.30. The number of pyridine rings is 1. The first kappa shape index (κ1) is 15.7. The number of nitrogens with zero attached hydrogens (tertiary/aromatic N) is 3. The van der Waals surface area contributed by atoms with Gasteiger partial charge in [0.15, 0.2) is 0 Å². The third-order valence-corrected chi connectivity index (χ3v) is 4.36. The van der Waals surface area contributed by atoms with Gasteiger partial charge in [-0.05, 0) is 30.9 Å². The number of amides is 1. The van der Waals surface area contributed by atoms with Gasteiger partial charge in [0.05, 0.1) is 6.20 Å². The zero-order valence-electron chi connectivity index (χ0n) is 12.2. The van der Waals surface area contributed by atoms with Crippen LogP contribution in [0.25, 0.3) is 0 Å². The van der Waals surface area contributed by atoms with Crippen molar-refractivity contribution in [2.45, 2.75) is 25.2 Å². The lowest BCUT2D eigenvalue weighted by atomic mass is 9.93. The van der Waals surface area contributed by atoms with E-state index in [1.807, 2.05) is 4.90 Å². The molecule has 2 fully saturated rings. The Hall–Kier alpha value is -2.19. The molecule has 0 aromatic carbocycles. The number of anilines is 1. The summed E-state index contributed by atoms with van der Waals surface area (Å²) >= 11 is 0. The molecule has 126 valence electrons. The van der Waals surface area contributed by atoms with E-state index >= 15 is 0 Å². The van der Waals surface area contributed by atoms with Crippen LogP contribution in [0, 0.1) is 5.92 Å². The first-order chi connectivity index (χ1) is 10.8. The lowest BCUT2D eigenvalue weighted by molar-refractivity contribution is -0.274. The minimum absolute atomic E-state index is 0.0246. The molecule has 0 saturated carbocycles. The van der Waals surface area contributed by atoms with Gasteiger partial charge in [0.1, 0.15) is 11.6 Å². The van der Waals surface area contributed by atoms with Crippen LogP contribution in [0.4, 0.5) is 23.8 Å². The number of rotatable bonds is 2. The van der Waals surface area contributed by atoms with Crippen molar-refractivity contribution in [3.8, 4) is 5.75 Å². The lowest BCUT2D eigenvalue weighted by Gasteiger charge is -2.37. The summed E-state index contributed by atoms with van der Waals surface area (Å²) in [5.74, 6) is 0.452. The second-order valence-electron chi connectivity index (χ2n) is 5.73. The highest BCUT2D eigenvalue weighted by Crippen LogP contribution is 2.33. The molecule has 23 heavy (non-hydrogen) atoms. The van der Waals surface area contributed by atoms with Crippen LogP contribution < -0.4 is 9.64 Å². The number of aromatic nitrogens is 1. The van der Waals surface area contributed by atoms with E-state index < -0.39 is 12.5 Å². The van der Waals surface area contributed by atoms with Crippen molar-refractivity contribution in [2.75, 3.05) is 24.5 Å². The molecular formula is C14H16F3N3O3. The number of halogens is 3. The van der Waals surface area contributed by atoms with Crippen LogP contribution in [0.2, 0.25) is 0 Å². The van der Waals surface area contributed by atoms with Gasteiger partial charge in [-0.3, -0.25) is 0 Å². The van der Waals surface area contributed by atoms with Gasteiger partial charge in [-0.2, -0.15) is 0 Å². The Morgan fingerprint density at radius 1 is 1.30 bits per heavy atom. The minimum Gasteiger partial charge on any atom is -0.465 e. The smallest absolute Gasteiger partial charge is 0.465 e. The van der Waals surface area contributed by atoms with Crippen molar-refractivity contribution in [3.05, 3.63) is 18.3 Å². The van der Waals surface area contributed by atoms with Crippen LogP contribution in [-0.4, -0.2) is 53.1 Å². The number of carboxylic acid groups (broad SMARTS) is 1. The predicted octanol–water partition coefficient (Wildman–Crippen LogP) is 2.56.